The molecule has 0 radical (unpaired) electrons. The quantitative estimate of drug-likeness (QED) is 0.859. The molecule has 0 spiro atoms. The Morgan fingerprint density at radius 1 is 1.20 bits per heavy atom. The summed E-state index contributed by atoms with van der Waals surface area (Å²) < 4.78 is 1.96. The largest absolute Gasteiger partial charge is 0.314 e. The molecule has 1 aromatic rings. The lowest BCUT2D eigenvalue weighted by Gasteiger charge is -2.49. The number of rotatable bonds is 6. The molecule has 0 amide bonds. The first kappa shape index (κ1) is 14.0. The smallest absolute Gasteiger partial charge is 0.0692 e. The Morgan fingerprint density at radius 3 is 2.65 bits per heavy atom. The van der Waals surface area contributed by atoms with Gasteiger partial charge in [0.05, 0.1) is 12.7 Å². The van der Waals surface area contributed by atoms with E-state index in [9.17, 15) is 0 Å². The summed E-state index contributed by atoms with van der Waals surface area (Å²) in [5.41, 5.74) is 0. The molecule has 2 bridgehead atoms. The van der Waals surface area contributed by atoms with Crippen LogP contribution in [0.4, 0.5) is 0 Å². The van der Waals surface area contributed by atoms with E-state index in [1.807, 2.05) is 10.9 Å². The second kappa shape index (κ2) is 6.68. The van der Waals surface area contributed by atoms with Gasteiger partial charge in [-0.15, -0.1) is 5.10 Å². The van der Waals surface area contributed by atoms with Gasteiger partial charge in [0.25, 0.3) is 0 Å². The van der Waals surface area contributed by atoms with Crippen molar-refractivity contribution >= 4 is 0 Å². The topological polar surface area (TPSA) is 46.0 Å². The van der Waals surface area contributed by atoms with Crippen LogP contribution in [0.25, 0.3) is 0 Å². The van der Waals surface area contributed by atoms with E-state index in [0.29, 0.717) is 0 Å². The normalized spacial score (nSPS) is 30.6. The van der Waals surface area contributed by atoms with Crippen LogP contribution in [0, 0.1) is 0 Å². The van der Waals surface area contributed by atoms with Crippen LogP contribution in [0.1, 0.15) is 45.4 Å². The second-order valence-corrected chi connectivity index (χ2v) is 6.26. The minimum Gasteiger partial charge on any atom is -0.314 e. The fourth-order valence-corrected chi connectivity index (χ4v) is 3.93. The van der Waals surface area contributed by atoms with Crippen LogP contribution >= 0.6 is 0 Å². The Kier molecular flexibility index (Phi) is 4.68. The zero-order valence-electron chi connectivity index (χ0n) is 12.5. The zero-order chi connectivity index (χ0) is 13.8. The number of nitrogens with zero attached hydrogens (tertiary/aromatic N) is 4. The molecular weight excluding hydrogens is 250 g/mol. The molecule has 2 saturated heterocycles. The van der Waals surface area contributed by atoms with Gasteiger partial charge in [0.15, 0.2) is 0 Å². The van der Waals surface area contributed by atoms with E-state index in [2.05, 4.69) is 27.5 Å². The lowest BCUT2D eigenvalue weighted by molar-refractivity contribution is 0.0212. The standard InChI is InChI=1S/C15H27N5/c1-2-6-16-13-11-14-4-3-5-15(12-13)20(14)10-9-19-8-7-17-18-19/h7-8,13-16H,2-6,9-12H2,1H3. The van der Waals surface area contributed by atoms with Gasteiger partial charge in [-0.05, 0) is 38.6 Å². The van der Waals surface area contributed by atoms with Crippen molar-refractivity contribution < 1.29 is 0 Å². The fraction of sp³-hybridized carbons (Fsp3) is 0.867. The Hall–Kier alpha value is -0.940. The second-order valence-electron chi connectivity index (χ2n) is 6.26. The van der Waals surface area contributed by atoms with Crippen molar-refractivity contribution in [2.75, 3.05) is 13.1 Å². The molecule has 2 fully saturated rings. The van der Waals surface area contributed by atoms with Gasteiger partial charge in [0.2, 0.25) is 0 Å². The summed E-state index contributed by atoms with van der Waals surface area (Å²) in [6.07, 6.45) is 11.8. The molecule has 1 aromatic heterocycles. The van der Waals surface area contributed by atoms with Gasteiger partial charge in [-0.1, -0.05) is 18.6 Å². The summed E-state index contributed by atoms with van der Waals surface area (Å²) in [7, 11) is 0. The maximum Gasteiger partial charge on any atom is 0.0692 e. The molecule has 0 aliphatic carbocycles. The van der Waals surface area contributed by atoms with Crippen LogP contribution in [-0.2, 0) is 6.54 Å². The molecule has 5 heteroatoms. The van der Waals surface area contributed by atoms with Crippen LogP contribution < -0.4 is 5.32 Å². The molecule has 0 saturated carbocycles. The lowest BCUT2D eigenvalue weighted by Crippen LogP contribution is -2.56. The predicted octanol–water partition coefficient (Wildman–Crippen LogP) is 1.66. The van der Waals surface area contributed by atoms with Gasteiger partial charge >= 0.3 is 0 Å². The van der Waals surface area contributed by atoms with E-state index >= 15 is 0 Å². The van der Waals surface area contributed by atoms with Gasteiger partial charge in [0, 0.05) is 30.9 Å². The van der Waals surface area contributed by atoms with Gasteiger partial charge in [-0.2, -0.15) is 0 Å². The minimum atomic E-state index is 0.743. The third-order valence-corrected chi connectivity index (χ3v) is 4.87. The molecule has 5 nitrogen and oxygen atoms in total. The van der Waals surface area contributed by atoms with E-state index in [-0.39, 0.29) is 0 Å². The molecule has 2 unspecified atom stereocenters. The first-order valence-electron chi connectivity index (χ1n) is 8.20. The highest BCUT2D eigenvalue weighted by atomic mass is 15.4. The van der Waals surface area contributed by atoms with Crippen LogP contribution in [0.2, 0.25) is 0 Å². The minimum absolute atomic E-state index is 0.743. The van der Waals surface area contributed by atoms with E-state index < -0.39 is 0 Å². The molecule has 20 heavy (non-hydrogen) atoms. The molecular formula is C15H27N5. The van der Waals surface area contributed by atoms with Crippen molar-refractivity contribution in [2.45, 2.75) is 70.1 Å². The number of fused-ring (bicyclic) bond motifs is 2. The summed E-state index contributed by atoms with van der Waals surface area (Å²) in [6.45, 7) is 5.52. The predicted molar refractivity (Wildman–Crippen MR) is 79.5 cm³/mol. The Labute approximate surface area is 121 Å². The van der Waals surface area contributed by atoms with Crippen LogP contribution in [0.3, 0.4) is 0 Å². The summed E-state index contributed by atoms with van der Waals surface area (Å²) in [5, 5.41) is 11.7. The summed E-state index contributed by atoms with van der Waals surface area (Å²) in [6, 6.07) is 2.30. The molecule has 2 aliphatic rings. The Balaban J connectivity index is 1.55. The first-order valence-corrected chi connectivity index (χ1v) is 8.20. The van der Waals surface area contributed by atoms with Crippen molar-refractivity contribution in [1.82, 2.24) is 25.2 Å². The van der Waals surface area contributed by atoms with Crippen molar-refractivity contribution in [2.24, 2.45) is 0 Å². The van der Waals surface area contributed by atoms with Gasteiger partial charge < -0.3 is 5.32 Å². The summed E-state index contributed by atoms with van der Waals surface area (Å²) in [4.78, 5) is 2.75. The van der Waals surface area contributed by atoms with Crippen LogP contribution in [-0.4, -0.2) is 51.1 Å². The average molecular weight is 277 g/mol. The maximum atomic E-state index is 4.08. The van der Waals surface area contributed by atoms with Crippen LogP contribution in [0.5, 0.6) is 0 Å². The SMILES string of the molecule is CCCNC1CC2CCCC(C1)N2CCn1ccnn1. The van der Waals surface area contributed by atoms with Crippen molar-refractivity contribution in [3.05, 3.63) is 12.4 Å². The highest BCUT2D eigenvalue weighted by molar-refractivity contribution is 4.94. The Bertz CT molecular complexity index is 377. The molecule has 112 valence electrons. The molecule has 3 heterocycles. The van der Waals surface area contributed by atoms with E-state index in [1.54, 1.807) is 6.20 Å². The average Bonchev–Trinajstić information content (AvgIpc) is 2.95. The summed E-state index contributed by atoms with van der Waals surface area (Å²) >= 11 is 0. The van der Waals surface area contributed by atoms with Gasteiger partial charge in [-0.3, -0.25) is 9.58 Å². The number of hydrogen-bond donors (Lipinski definition) is 1. The molecule has 0 aromatic carbocycles. The lowest BCUT2D eigenvalue weighted by atomic mass is 9.81. The van der Waals surface area contributed by atoms with Gasteiger partial charge in [0.1, 0.15) is 0 Å². The molecule has 2 atom stereocenters. The maximum absolute atomic E-state index is 4.08. The van der Waals surface area contributed by atoms with E-state index in [4.69, 9.17) is 0 Å². The van der Waals surface area contributed by atoms with Gasteiger partial charge in [-0.25, -0.2) is 0 Å². The third-order valence-electron chi connectivity index (χ3n) is 4.87. The van der Waals surface area contributed by atoms with E-state index in [0.717, 1.165) is 31.2 Å². The number of nitrogens with one attached hydrogen (secondary N) is 1. The zero-order valence-corrected chi connectivity index (χ0v) is 12.5. The van der Waals surface area contributed by atoms with Crippen LogP contribution in [0.15, 0.2) is 12.4 Å². The molecule has 2 aliphatic heterocycles. The number of piperidine rings is 2. The molecule has 3 rings (SSSR count). The van der Waals surface area contributed by atoms with Crippen molar-refractivity contribution in [1.29, 1.82) is 0 Å². The Morgan fingerprint density at radius 2 is 2.00 bits per heavy atom. The monoisotopic (exact) mass is 277 g/mol. The highest BCUT2D eigenvalue weighted by Crippen LogP contribution is 2.33. The van der Waals surface area contributed by atoms with Crippen molar-refractivity contribution in [3.8, 4) is 0 Å². The first-order chi connectivity index (χ1) is 9.86. The molecule has 1 N–H and O–H groups in total. The fourth-order valence-electron chi connectivity index (χ4n) is 3.93. The van der Waals surface area contributed by atoms with E-state index in [1.165, 1.54) is 45.1 Å². The third kappa shape index (κ3) is 3.20. The van der Waals surface area contributed by atoms with Crippen molar-refractivity contribution in [3.63, 3.8) is 0 Å². The summed E-state index contributed by atoms with van der Waals surface area (Å²) in [5.74, 6) is 0. The highest BCUT2D eigenvalue weighted by Gasteiger charge is 2.37. The number of hydrogen-bond acceptors (Lipinski definition) is 4. The number of aromatic nitrogens is 3.